The number of hydrogen-bond donors (Lipinski definition) is 3. The van der Waals surface area contributed by atoms with Gasteiger partial charge in [-0.3, -0.25) is 14.9 Å². The summed E-state index contributed by atoms with van der Waals surface area (Å²) >= 11 is 0. The lowest BCUT2D eigenvalue weighted by atomic mass is 9.47. The van der Waals surface area contributed by atoms with E-state index in [1.165, 1.54) is 24.8 Å². The van der Waals surface area contributed by atoms with E-state index in [9.17, 15) is 29.9 Å². The van der Waals surface area contributed by atoms with Gasteiger partial charge >= 0.3 is 11.7 Å². The fourth-order valence-electron chi connectivity index (χ4n) is 8.44. The molecule has 3 N–H and O–H groups in total. The molecule has 11 nitrogen and oxygen atoms in total. The van der Waals surface area contributed by atoms with Crippen LogP contribution >= 0.6 is 0 Å². The lowest BCUT2D eigenvalue weighted by Crippen LogP contribution is -2.51. The highest BCUT2D eigenvalue weighted by Gasteiger charge is 2.58. The zero-order valence-corrected chi connectivity index (χ0v) is 24.5. The first-order chi connectivity index (χ1) is 20.0. The first kappa shape index (κ1) is 30.0. The van der Waals surface area contributed by atoms with E-state index in [0.29, 0.717) is 23.3 Å². The number of nitro benzene ring substituents is 1. The van der Waals surface area contributed by atoms with Crippen molar-refractivity contribution in [3.05, 3.63) is 45.5 Å². The average molecular weight is 584 g/mol. The van der Waals surface area contributed by atoms with E-state index in [2.05, 4.69) is 30.4 Å². The Bertz CT molecular complexity index is 1310. The molecule has 0 aliphatic heterocycles. The second-order valence-electron chi connectivity index (χ2n) is 12.9. The van der Waals surface area contributed by atoms with Crippen molar-refractivity contribution in [3.63, 3.8) is 0 Å². The van der Waals surface area contributed by atoms with Crippen molar-refractivity contribution in [1.82, 2.24) is 5.32 Å². The minimum absolute atomic E-state index is 0.0589. The van der Waals surface area contributed by atoms with Crippen LogP contribution in [-0.4, -0.2) is 58.6 Å². The highest BCUT2D eigenvalue weighted by molar-refractivity contribution is 5.96. The monoisotopic (exact) mass is 583 g/mol. The van der Waals surface area contributed by atoms with Crippen LogP contribution in [-0.2, 0) is 25.6 Å². The molecule has 0 heterocycles. The van der Waals surface area contributed by atoms with Crippen molar-refractivity contribution in [1.29, 1.82) is 0 Å². The number of oxime groups is 1. The van der Waals surface area contributed by atoms with Gasteiger partial charge in [-0.1, -0.05) is 30.6 Å². The van der Waals surface area contributed by atoms with E-state index >= 15 is 0 Å². The molecule has 0 spiro atoms. The molecule has 1 amide bonds. The summed E-state index contributed by atoms with van der Waals surface area (Å²) in [6.07, 6.45) is 10.0. The van der Waals surface area contributed by atoms with Crippen LogP contribution in [0.15, 0.2) is 35.0 Å². The molecular formula is C31H41N3O8. The second-order valence-corrected chi connectivity index (χ2v) is 12.9. The SMILES string of the molecule is COC(=O)[C@H](Cc1ccc(O)c([N+](=O)[O-])c1)NC(=O)CON=C1C=C2CC[C@@H]3[C@@H]4CC[C@@H](O)[C@@]4(C)CC[C@@H]3[C@@]2(C)CC1. The van der Waals surface area contributed by atoms with Gasteiger partial charge in [-0.15, -0.1) is 0 Å². The number of fused-ring (bicyclic) bond motifs is 5. The smallest absolute Gasteiger partial charge is 0.328 e. The van der Waals surface area contributed by atoms with Crippen LogP contribution in [0.5, 0.6) is 5.75 Å². The summed E-state index contributed by atoms with van der Waals surface area (Å²) in [5.74, 6) is 0.0699. The Morgan fingerprint density at radius 1 is 1.17 bits per heavy atom. The minimum Gasteiger partial charge on any atom is -0.502 e. The maximum Gasteiger partial charge on any atom is 0.328 e. The molecule has 0 aromatic heterocycles. The highest BCUT2D eigenvalue weighted by atomic mass is 16.6. The first-order valence-electron chi connectivity index (χ1n) is 14.9. The number of nitrogens with zero attached hydrogens (tertiary/aromatic N) is 2. The molecule has 5 rings (SSSR count). The third kappa shape index (κ3) is 5.50. The lowest BCUT2D eigenvalue weighted by Gasteiger charge is -2.57. The van der Waals surface area contributed by atoms with Gasteiger partial charge in [-0.05, 0) is 97.7 Å². The number of methoxy groups -OCH3 is 1. The van der Waals surface area contributed by atoms with Crippen LogP contribution < -0.4 is 5.32 Å². The molecule has 0 radical (unpaired) electrons. The van der Waals surface area contributed by atoms with Gasteiger partial charge in [0.25, 0.3) is 5.91 Å². The van der Waals surface area contributed by atoms with E-state index in [0.717, 1.165) is 63.1 Å². The van der Waals surface area contributed by atoms with Gasteiger partial charge in [0.2, 0.25) is 0 Å². The molecular weight excluding hydrogens is 542 g/mol. The number of allylic oxidation sites excluding steroid dienone is 2. The molecule has 228 valence electrons. The minimum atomic E-state index is -1.10. The largest absolute Gasteiger partial charge is 0.502 e. The first-order valence-corrected chi connectivity index (χ1v) is 14.9. The molecule has 3 saturated carbocycles. The number of carbonyl (C=O) groups is 2. The van der Waals surface area contributed by atoms with E-state index in [1.807, 2.05) is 0 Å². The number of nitro groups is 1. The fourth-order valence-corrected chi connectivity index (χ4v) is 8.44. The molecule has 1 aromatic rings. The molecule has 3 fully saturated rings. The number of aliphatic hydroxyl groups excluding tert-OH is 1. The summed E-state index contributed by atoms with van der Waals surface area (Å²) in [5, 5.41) is 38.3. The third-order valence-electron chi connectivity index (χ3n) is 10.8. The van der Waals surface area contributed by atoms with E-state index in [1.54, 1.807) is 0 Å². The predicted molar refractivity (Wildman–Crippen MR) is 154 cm³/mol. The maximum absolute atomic E-state index is 12.6. The summed E-state index contributed by atoms with van der Waals surface area (Å²) in [4.78, 5) is 40.7. The number of rotatable bonds is 8. The normalized spacial score (nSPS) is 33.4. The number of nitrogens with one attached hydrogen (secondary N) is 1. The molecule has 0 unspecified atom stereocenters. The van der Waals surface area contributed by atoms with Crippen LogP contribution in [0.25, 0.3) is 0 Å². The fraction of sp³-hybridized carbons (Fsp3) is 0.645. The molecule has 42 heavy (non-hydrogen) atoms. The summed E-state index contributed by atoms with van der Waals surface area (Å²) < 4.78 is 4.79. The highest BCUT2D eigenvalue weighted by Crippen LogP contribution is 2.65. The standard InChI is InChI=1S/C31H41N3O8/c1-30-12-10-20(16-19(30)5-6-21-22-7-9-27(36)31(22,2)13-11-23(21)30)33-42-17-28(37)32-24(29(38)41-3)14-18-4-8-26(35)25(15-18)34(39)40/h4,8,15-16,21-24,27,35-36H,5-7,9-14,17H2,1-3H3,(H,32,37)/t21-,22+,23+,24+,27-,30+,31+/m1/s1. The lowest BCUT2D eigenvalue weighted by molar-refractivity contribution is -0.385. The van der Waals surface area contributed by atoms with E-state index < -0.39 is 40.9 Å². The van der Waals surface area contributed by atoms with Gasteiger partial charge in [-0.25, -0.2) is 4.79 Å². The van der Waals surface area contributed by atoms with Gasteiger partial charge in [0, 0.05) is 12.5 Å². The Labute approximate surface area is 245 Å². The van der Waals surface area contributed by atoms with Gasteiger partial charge < -0.3 is 25.1 Å². The molecule has 1 aromatic carbocycles. The van der Waals surface area contributed by atoms with Crippen molar-refractivity contribution in [2.45, 2.75) is 83.8 Å². The maximum atomic E-state index is 12.6. The number of phenols is 1. The molecule has 0 bridgehead atoms. The zero-order chi connectivity index (χ0) is 30.2. The van der Waals surface area contributed by atoms with Crippen molar-refractivity contribution < 1.29 is 34.3 Å². The van der Waals surface area contributed by atoms with E-state index in [4.69, 9.17) is 9.57 Å². The van der Waals surface area contributed by atoms with Gasteiger partial charge in [0.05, 0.1) is 23.8 Å². The van der Waals surface area contributed by atoms with Crippen LogP contribution in [0.4, 0.5) is 5.69 Å². The Morgan fingerprint density at radius 3 is 2.69 bits per heavy atom. The third-order valence-corrected chi connectivity index (χ3v) is 10.8. The van der Waals surface area contributed by atoms with Crippen molar-refractivity contribution >= 4 is 23.3 Å². The number of benzene rings is 1. The Balaban J connectivity index is 1.19. The number of aromatic hydroxyl groups is 1. The Morgan fingerprint density at radius 2 is 1.95 bits per heavy atom. The summed E-state index contributed by atoms with van der Waals surface area (Å²) in [7, 11) is 1.18. The number of aliphatic hydroxyl groups is 1. The number of esters is 1. The Hall–Kier alpha value is -3.47. The Kier molecular flexibility index (Phi) is 8.33. The predicted octanol–water partition coefficient (Wildman–Crippen LogP) is 4.20. The van der Waals surface area contributed by atoms with Crippen LogP contribution in [0, 0.1) is 38.7 Å². The number of ether oxygens (including phenoxy) is 1. The summed E-state index contributed by atoms with van der Waals surface area (Å²) in [5.41, 5.74) is 2.25. The van der Waals surface area contributed by atoms with Crippen molar-refractivity contribution in [2.75, 3.05) is 13.7 Å². The van der Waals surface area contributed by atoms with Crippen LogP contribution in [0.2, 0.25) is 0 Å². The van der Waals surface area contributed by atoms with Gasteiger partial charge in [-0.2, -0.15) is 0 Å². The molecule has 7 atom stereocenters. The molecule has 4 aliphatic carbocycles. The topological polar surface area (TPSA) is 161 Å². The van der Waals surface area contributed by atoms with Crippen LogP contribution in [0.3, 0.4) is 0 Å². The zero-order valence-electron chi connectivity index (χ0n) is 24.5. The molecule has 0 saturated heterocycles. The quantitative estimate of drug-likeness (QED) is 0.233. The number of hydrogen-bond acceptors (Lipinski definition) is 9. The molecule has 4 aliphatic rings. The van der Waals surface area contributed by atoms with Gasteiger partial charge in [0.1, 0.15) is 6.04 Å². The van der Waals surface area contributed by atoms with Crippen LogP contribution in [0.1, 0.15) is 70.8 Å². The molecule has 11 heteroatoms. The van der Waals surface area contributed by atoms with Crippen molar-refractivity contribution in [3.8, 4) is 5.75 Å². The summed E-state index contributed by atoms with van der Waals surface area (Å²) in [6, 6.07) is 2.66. The van der Waals surface area contributed by atoms with Gasteiger partial charge in [0.15, 0.2) is 12.4 Å². The van der Waals surface area contributed by atoms with E-state index in [-0.39, 0.29) is 23.4 Å². The second kappa shape index (κ2) is 11.7. The number of carbonyl (C=O) groups excluding carboxylic acids is 2. The average Bonchev–Trinajstić information content (AvgIpc) is 3.27. The van der Waals surface area contributed by atoms with Crippen molar-refractivity contribution in [2.24, 2.45) is 33.7 Å². The number of phenolic OH excluding ortho intramolecular Hbond substituents is 1. The summed E-state index contributed by atoms with van der Waals surface area (Å²) in [6.45, 7) is 4.29. The number of amides is 1.